The second kappa shape index (κ2) is 3.74. The van der Waals surface area contributed by atoms with Crippen LogP contribution in [0.2, 0.25) is 0 Å². The van der Waals surface area contributed by atoms with Crippen LogP contribution in [-0.4, -0.2) is 19.0 Å². The molecule has 0 aliphatic rings. The quantitative estimate of drug-likeness (QED) is 0.553. The van der Waals surface area contributed by atoms with Gasteiger partial charge in [-0.05, 0) is 0 Å². The predicted octanol–water partition coefficient (Wildman–Crippen LogP) is -0.0724. The number of halogens is 2. The van der Waals surface area contributed by atoms with Crippen LogP contribution in [0.4, 0.5) is 8.78 Å². The molecule has 0 aromatic heterocycles. The van der Waals surface area contributed by atoms with Gasteiger partial charge in [0.05, 0.1) is 0 Å². The fourth-order valence-electron chi connectivity index (χ4n) is 0.325. The van der Waals surface area contributed by atoms with Crippen LogP contribution < -0.4 is 11.5 Å². The number of nitrogens with two attached hydrogens (primary N) is 2. The zero-order valence-electron chi connectivity index (χ0n) is 4.48. The van der Waals surface area contributed by atoms with E-state index in [2.05, 4.69) is 0 Å². The highest BCUT2D eigenvalue weighted by atomic mass is 19.3. The van der Waals surface area contributed by atoms with E-state index < -0.39 is 12.5 Å². The van der Waals surface area contributed by atoms with E-state index in [1.54, 1.807) is 0 Å². The first kappa shape index (κ1) is 7.78. The van der Waals surface area contributed by atoms with Gasteiger partial charge in [-0.2, -0.15) is 0 Å². The number of hydrogen-bond acceptors (Lipinski definition) is 2. The molecule has 0 heterocycles. The molecule has 0 aromatic rings. The molecular weight excluding hydrogens is 114 g/mol. The van der Waals surface area contributed by atoms with Crippen molar-refractivity contribution in [2.75, 3.05) is 6.54 Å². The number of alkyl halides is 2. The Hall–Kier alpha value is -0.220. The van der Waals surface area contributed by atoms with Gasteiger partial charge < -0.3 is 11.5 Å². The summed E-state index contributed by atoms with van der Waals surface area (Å²) in [5, 5.41) is 0. The van der Waals surface area contributed by atoms with Gasteiger partial charge in [0, 0.05) is 19.0 Å². The van der Waals surface area contributed by atoms with Crippen molar-refractivity contribution >= 4 is 0 Å². The highest BCUT2D eigenvalue weighted by Gasteiger charge is 2.07. The summed E-state index contributed by atoms with van der Waals surface area (Å²) in [5.41, 5.74) is 10.0. The van der Waals surface area contributed by atoms with Gasteiger partial charge in [-0.3, -0.25) is 0 Å². The predicted molar refractivity (Wildman–Crippen MR) is 27.7 cm³/mol. The third kappa shape index (κ3) is 3.95. The van der Waals surface area contributed by atoms with Gasteiger partial charge in [0.1, 0.15) is 0 Å². The molecule has 0 saturated heterocycles. The molecule has 0 amide bonds. The van der Waals surface area contributed by atoms with Gasteiger partial charge in [-0.15, -0.1) is 0 Å². The van der Waals surface area contributed by atoms with Crippen molar-refractivity contribution in [3.05, 3.63) is 0 Å². The average Bonchev–Trinajstić information content (AvgIpc) is 1.65. The van der Waals surface area contributed by atoms with E-state index in [0.717, 1.165) is 0 Å². The Kier molecular flexibility index (Phi) is 3.64. The Morgan fingerprint density at radius 2 is 1.88 bits per heavy atom. The van der Waals surface area contributed by atoms with Crippen LogP contribution in [0.3, 0.4) is 0 Å². The Labute approximate surface area is 46.8 Å². The third-order valence-corrected chi connectivity index (χ3v) is 0.784. The van der Waals surface area contributed by atoms with E-state index in [-0.39, 0.29) is 13.0 Å². The van der Waals surface area contributed by atoms with Crippen LogP contribution in [0.25, 0.3) is 0 Å². The fraction of sp³-hybridized carbons (Fsp3) is 1.00. The minimum atomic E-state index is -2.33. The Bertz CT molecular complexity index is 58.0. The van der Waals surface area contributed by atoms with E-state index in [0.29, 0.717) is 0 Å². The molecule has 0 aliphatic carbocycles. The second-order valence-corrected chi connectivity index (χ2v) is 1.62. The molecular formula is C4H10F2N2. The van der Waals surface area contributed by atoms with E-state index in [9.17, 15) is 8.78 Å². The lowest BCUT2D eigenvalue weighted by molar-refractivity contribution is 0.129. The molecule has 0 saturated carbocycles. The molecule has 0 radical (unpaired) electrons. The van der Waals surface area contributed by atoms with Gasteiger partial charge in [0.25, 0.3) is 0 Å². The molecule has 0 spiro atoms. The lowest BCUT2D eigenvalue weighted by Crippen LogP contribution is -2.31. The summed E-state index contributed by atoms with van der Waals surface area (Å²) in [7, 11) is 0. The van der Waals surface area contributed by atoms with Crippen LogP contribution in [0.1, 0.15) is 6.42 Å². The van der Waals surface area contributed by atoms with Crippen molar-refractivity contribution in [3.8, 4) is 0 Å². The summed E-state index contributed by atoms with van der Waals surface area (Å²) in [6.45, 7) is 0.129. The maximum Gasteiger partial charge on any atom is 0.240 e. The van der Waals surface area contributed by atoms with Crippen molar-refractivity contribution in [2.45, 2.75) is 18.9 Å². The summed E-state index contributed by atoms with van der Waals surface area (Å²) in [6.07, 6.45) is -2.62. The van der Waals surface area contributed by atoms with Crippen LogP contribution in [0.15, 0.2) is 0 Å². The average molecular weight is 124 g/mol. The molecule has 4 N–H and O–H groups in total. The van der Waals surface area contributed by atoms with Gasteiger partial charge in [0.15, 0.2) is 0 Å². The zero-order chi connectivity index (χ0) is 6.57. The van der Waals surface area contributed by atoms with Crippen molar-refractivity contribution in [3.63, 3.8) is 0 Å². The Morgan fingerprint density at radius 3 is 2.00 bits per heavy atom. The highest BCUT2D eigenvalue weighted by molar-refractivity contribution is 4.61. The molecule has 0 rings (SSSR count). The standard InChI is InChI=1S/C4H10F2N2/c5-4(6)1-3(8)2-7/h3-4H,1-2,7-8H2/t3-/m1/s1. The summed E-state index contributed by atoms with van der Waals surface area (Å²) in [4.78, 5) is 0. The van der Waals surface area contributed by atoms with E-state index >= 15 is 0 Å². The molecule has 2 nitrogen and oxygen atoms in total. The molecule has 0 aliphatic heterocycles. The van der Waals surface area contributed by atoms with Gasteiger partial charge >= 0.3 is 0 Å². The van der Waals surface area contributed by atoms with Crippen molar-refractivity contribution < 1.29 is 8.78 Å². The summed E-state index contributed by atoms with van der Waals surface area (Å²) < 4.78 is 22.7. The number of rotatable bonds is 3. The topological polar surface area (TPSA) is 52.0 Å². The van der Waals surface area contributed by atoms with Crippen molar-refractivity contribution in [1.29, 1.82) is 0 Å². The maximum absolute atomic E-state index is 11.3. The van der Waals surface area contributed by atoms with Crippen molar-refractivity contribution in [1.82, 2.24) is 0 Å². The molecule has 0 fully saturated rings. The van der Waals surface area contributed by atoms with Crippen LogP contribution in [0, 0.1) is 0 Å². The smallest absolute Gasteiger partial charge is 0.240 e. The first-order chi connectivity index (χ1) is 3.66. The molecule has 4 heteroatoms. The fourth-order valence-corrected chi connectivity index (χ4v) is 0.325. The normalized spacial score (nSPS) is 14.6. The van der Waals surface area contributed by atoms with Gasteiger partial charge in [-0.25, -0.2) is 8.78 Å². The largest absolute Gasteiger partial charge is 0.329 e. The molecule has 8 heavy (non-hydrogen) atoms. The van der Waals surface area contributed by atoms with Crippen LogP contribution in [-0.2, 0) is 0 Å². The van der Waals surface area contributed by atoms with E-state index in [1.807, 2.05) is 0 Å². The van der Waals surface area contributed by atoms with Crippen molar-refractivity contribution in [2.24, 2.45) is 11.5 Å². The maximum atomic E-state index is 11.3. The first-order valence-corrected chi connectivity index (χ1v) is 2.40. The van der Waals surface area contributed by atoms with E-state index in [1.165, 1.54) is 0 Å². The molecule has 0 unspecified atom stereocenters. The summed E-state index contributed by atoms with van der Waals surface area (Å²) >= 11 is 0. The lowest BCUT2D eigenvalue weighted by atomic mass is 10.2. The molecule has 0 aromatic carbocycles. The minimum absolute atomic E-state index is 0.129. The summed E-state index contributed by atoms with van der Waals surface area (Å²) in [6, 6.07) is -0.546. The summed E-state index contributed by atoms with van der Waals surface area (Å²) in [5.74, 6) is 0. The Morgan fingerprint density at radius 1 is 1.38 bits per heavy atom. The first-order valence-electron chi connectivity index (χ1n) is 2.40. The lowest BCUT2D eigenvalue weighted by Gasteiger charge is -2.05. The zero-order valence-corrected chi connectivity index (χ0v) is 4.48. The minimum Gasteiger partial charge on any atom is -0.329 e. The van der Waals surface area contributed by atoms with Gasteiger partial charge in [0.2, 0.25) is 6.43 Å². The monoisotopic (exact) mass is 124 g/mol. The van der Waals surface area contributed by atoms with E-state index in [4.69, 9.17) is 11.5 Å². The van der Waals surface area contributed by atoms with Crippen LogP contribution >= 0.6 is 0 Å². The third-order valence-electron chi connectivity index (χ3n) is 0.784. The van der Waals surface area contributed by atoms with Gasteiger partial charge in [-0.1, -0.05) is 0 Å². The molecule has 50 valence electrons. The SMILES string of the molecule is NC[C@H](N)CC(F)F. The second-order valence-electron chi connectivity index (χ2n) is 1.62. The molecule has 1 atom stereocenters. The Balaban J connectivity index is 3.10. The van der Waals surface area contributed by atoms with Crippen LogP contribution in [0.5, 0.6) is 0 Å². The number of hydrogen-bond donors (Lipinski definition) is 2. The highest BCUT2D eigenvalue weighted by Crippen LogP contribution is 1.99. The molecule has 0 bridgehead atoms.